The first kappa shape index (κ1) is 25.3. The molecule has 1 saturated carbocycles. The van der Waals surface area contributed by atoms with Crippen LogP contribution in [-0.2, 0) is 4.79 Å². The Kier molecular flexibility index (Phi) is 11.8. The van der Waals surface area contributed by atoms with E-state index in [-0.39, 0.29) is 42.5 Å². The summed E-state index contributed by atoms with van der Waals surface area (Å²) in [6.45, 7) is 2.70. The molecule has 1 fully saturated rings. The molecule has 2 N–H and O–H groups in total. The Balaban J connectivity index is 0.00000420. The first-order valence-corrected chi connectivity index (χ1v) is 10.0. The number of aliphatic imine (C=N–C) groups is 1. The van der Waals surface area contributed by atoms with Crippen LogP contribution in [0.5, 0.6) is 11.5 Å². The molecule has 0 spiro atoms. The third kappa shape index (κ3) is 9.56. The number of hydrogen-bond donors (Lipinski definition) is 2. The summed E-state index contributed by atoms with van der Waals surface area (Å²) in [6, 6.07) is 7.96. The largest absolute Gasteiger partial charge is 0.497 e. The number of halogens is 1. The Morgan fingerprint density at radius 1 is 1.24 bits per heavy atom. The average molecular weight is 518 g/mol. The summed E-state index contributed by atoms with van der Waals surface area (Å²) in [4.78, 5) is 17.9. The van der Waals surface area contributed by atoms with E-state index >= 15 is 0 Å². The lowest BCUT2D eigenvalue weighted by atomic mass is 9.96. The van der Waals surface area contributed by atoms with Crippen molar-refractivity contribution in [3.05, 3.63) is 24.3 Å². The molecule has 1 aromatic rings. The molecule has 1 atom stereocenters. The van der Waals surface area contributed by atoms with E-state index in [0.717, 1.165) is 24.3 Å². The predicted molar refractivity (Wildman–Crippen MR) is 128 cm³/mol. The molecular weight excluding hydrogens is 483 g/mol. The zero-order valence-corrected chi connectivity index (χ0v) is 20.3. The normalized spacial score (nSPS) is 15.7. The number of likely N-dealkylation sites (N-methyl/N-ethyl adjacent to an activating group) is 1. The number of nitrogens with one attached hydrogen (secondary N) is 2. The molecule has 0 saturated heterocycles. The van der Waals surface area contributed by atoms with Crippen LogP contribution >= 0.6 is 24.0 Å². The molecule has 1 aliphatic carbocycles. The van der Waals surface area contributed by atoms with Gasteiger partial charge in [0, 0.05) is 26.2 Å². The van der Waals surface area contributed by atoms with E-state index in [0.29, 0.717) is 18.5 Å². The Morgan fingerprint density at radius 3 is 2.59 bits per heavy atom. The van der Waals surface area contributed by atoms with Crippen molar-refractivity contribution in [1.29, 1.82) is 0 Å². The number of methoxy groups -OCH3 is 1. The molecule has 0 aliphatic heterocycles. The number of guanidine groups is 1. The maximum Gasteiger partial charge on any atom is 0.243 e. The molecule has 0 aromatic heterocycles. The number of amides is 1. The first-order chi connectivity index (χ1) is 13.5. The monoisotopic (exact) mass is 518 g/mol. The maximum atomic E-state index is 11.9. The van der Waals surface area contributed by atoms with Crippen LogP contribution < -0.4 is 20.1 Å². The third-order valence-electron chi connectivity index (χ3n) is 4.75. The van der Waals surface area contributed by atoms with Gasteiger partial charge >= 0.3 is 0 Å². The summed E-state index contributed by atoms with van der Waals surface area (Å²) in [5.74, 6) is 2.17. The summed E-state index contributed by atoms with van der Waals surface area (Å²) >= 11 is 0. The van der Waals surface area contributed by atoms with Crippen molar-refractivity contribution in [2.24, 2.45) is 4.99 Å². The zero-order chi connectivity index (χ0) is 20.4. The smallest absolute Gasteiger partial charge is 0.243 e. The molecule has 1 unspecified atom stereocenters. The van der Waals surface area contributed by atoms with E-state index in [9.17, 15) is 4.79 Å². The second-order valence-electron chi connectivity index (χ2n) is 7.42. The van der Waals surface area contributed by atoms with Crippen LogP contribution in [0.3, 0.4) is 0 Å². The van der Waals surface area contributed by atoms with Gasteiger partial charge in [-0.2, -0.15) is 0 Å². The van der Waals surface area contributed by atoms with Gasteiger partial charge in [0.2, 0.25) is 5.91 Å². The lowest BCUT2D eigenvalue weighted by molar-refractivity contribution is -0.127. The number of rotatable bonds is 8. The van der Waals surface area contributed by atoms with Gasteiger partial charge in [-0.15, -0.1) is 24.0 Å². The van der Waals surface area contributed by atoms with Crippen molar-refractivity contribution in [2.45, 2.75) is 51.2 Å². The highest BCUT2D eigenvalue weighted by molar-refractivity contribution is 14.0. The van der Waals surface area contributed by atoms with Gasteiger partial charge in [0.05, 0.1) is 13.7 Å². The molecule has 0 bridgehead atoms. The number of hydrogen-bond acceptors (Lipinski definition) is 4. The molecule has 164 valence electrons. The van der Waals surface area contributed by atoms with E-state index in [1.54, 1.807) is 26.1 Å². The summed E-state index contributed by atoms with van der Waals surface area (Å²) in [5, 5.41) is 6.80. The molecule has 29 heavy (non-hydrogen) atoms. The Hall–Kier alpha value is -1.71. The molecule has 1 aliphatic rings. The number of ether oxygens (including phenoxy) is 2. The van der Waals surface area contributed by atoms with Gasteiger partial charge in [-0.3, -0.25) is 4.79 Å². The molecule has 7 nitrogen and oxygen atoms in total. The van der Waals surface area contributed by atoms with Crippen molar-refractivity contribution < 1.29 is 14.3 Å². The topological polar surface area (TPSA) is 75.2 Å². The van der Waals surface area contributed by atoms with Gasteiger partial charge in [0.1, 0.15) is 24.1 Å². The quantitative estimate of drug-likeness (QED) is 0.315. The fourth-order valence-electron chi connectivity index (χ4n) is 3.07. The Labute approximate surface area is 191 Å². The van der Waals surface area contributed by atoms with Crippen molar-refractivity contribution in [1.82, 2.24) is 15.5 Å². The van der Waals surface area contributed by atoms with E-state index in [2.05, 4.69) is 15.6 Å². The maximum absolute atomic E-state index is 11.9. The van der Waals surface area contributed by atoms with Crippen molar-refractivity contribution in [3.8, 4) is 11.5 Å². The van der Waals surface area contributed by atoms with E-state index in [4.69, 9.17) is 9.47 Å². The summed E-state index contributed by atoms with van der Waals surface area (Å²) in [7, 11) is 5.12. The molecule has 8 heteroatoms. The molecule has 2 rings (SSSR count). The molecule has 1 amide bonds. The van der Waals surface area contributed by atoms with Crippen LogP contribution in [0.1, 0.15) is 39.0 Å². The standard InChI is InChI=1S/C21H34N4O3.HI/c1-16(28-19-12-8-11-18(13-19)27-4)14-22-21(23-15-20(26)25(2)3)24-17-9-6-5-7-10-17;/h8,11-13,16-17H,5-7,9-10,14-15H2,1-4H3,(H2,22,23,24);1H. The third-order valence-corrected chi connectivity index (χ3v) is 4.75. The van der Waals surface area contributed by atoms with Gasteiger partial charge in [0.15, 0.2) is 5.96 Å². The van der Waals surface area contributed by atoms with Crippen molar-refractivity contribution in [2.75, 3.05) is 34.3 Å². The van der Waals surface area contributed by atoms with Gasteiger partial charge in [-0.05, 0) is 31.9 Å². The molecular formula is C21H35IN4O3. The van der Waals surface area contributed by atoms with E-state index < -0.39 is 0 Å². The Bertz CT molecular complexity index is 649. The van der Waals surface area contributed by atoms with Crippen LogP contribution in [-0.4, -0.2) is 63.2 Å². The number of carbonyl (C=O) groups excluding carboxylic acids is 1. The van der Waals surface area contributed by atoms with Crippen LogP contribution in [0.25, 0.3) is 0 Å². The van der Waals surface area contributed by atoms with Crippen LogP contribution in [0.4, 0.5) is 0 Å². The predicted octanol–water partition coefficient (Wildman–Crippen LogP) is 3.04. The Morgan fingerprint density at radius 2 is 1.93 bits per heavy atom. The number of carbonyl (C=O) groups is 1. The minimum atomic E-state index is -0.0741. The zero-order valence-electron chi connectivity index (χ0n) is 17.9. The summed E-state index contributed by atoms with van der Waals surface area (Å²) in [5.41, 5.74) is 0. The van der Waals surface area contributed by atoms with Gasteiger partial charge in [-0.1, -0.05) is 25.3 Å². The van der Waals surface area contributed by atoms with Gasteiger partial charge < -0.3 is 25.0 Å². The summed E-state index contributed by atoms with van der Waals surface area (Å²) < 4.78 is 11.2. The van der Waals surface area contributed by atoms with E-state index in [1.165, 1.54) is 19.3 Å². The van der Waals surface area contributed by atoms with Crippen molar-refractivity contribution >= 4 is 35.8 Å². The molecule has 1 aromatic carbocycles. The number of nitrogens with zero attached hydrogens (tertiary/aromatic N) is 2. The lowest BCUT2D eigenvalue weighted by Crippen LogP contribution is -2.47. The van der Waals surface area contributed by atoms with Crippen LogP contribution in [0.2, 0.25) is 0 Å². The fourth-order valence-corrected chi connectivity index (χ4v) is 3.07. The minimum Gasteiger partial charge on any atom is -0.497 e. The second kappa shape index (κ2) is 13.5. The highest BCUT2D eigenvalue weighted by atomic mass is 127. The SMILES string of the molecule is COc1cccc(OC(C)CNC(=NCC(=O)N(C)C)NC2CCCCC2)c1.I. The van der Waals surface area contributed by atoms with Crippen molar-refractivity contribution in [3.63, 3.8) is 0 Å². The van der Waals surface area contributed by atoms with Crippen LogP contribution in [0.15, 0.2) is 29.3 Å². The first-order valence-electron chi connectivity index (χ1n) is 10.0. The van der Waals surface area contributed by atoms with Gasteiger partial charge in [-0.25, -0.2) is 4.99 Å². The fraction of sp³-hybridized carbons (Fsp3) is 0.619. The lowest BCUT2D eigenvalue weighted by Gasteiger charge is -2.26. The van der Waals surface area contributed by atoms with E-state index in [1.807, 2.05) is 31.2 Å². The summed E-state index contributed by atoms with van der Waals surface area (Å²) in [6.07, 6.45) is 5.96. The average Bonchev–Trinajstić information content (AvgIpc) is 2.70. The molecule has 0 radical (unpaired) electrons. The number of benzene rings is 1. The van der Waals surface area contributed by atoms with Gasteiger partial charge in [0.25, 0.3) is 0 Å². The molecule has 0 heterocycles. The highest BCUT2D eigenvalue weighted by Gasteiger charge is 2.16. The van der Waals surface area contributed by atoms with Crippen LogP contribution in [0, 0.1) is 0 Å². The minimum absolute atomic E-state index is 0. The highest BCUT2D eigenvalue weighted by Crippen LogP contribution is 2.20. The second-order valence-corrected chi connectivity index (χ2v) is 7.42.